The normalized spacial score (nSPS) is 22.8. The quantitative estimate of drug-likeness (QED) is 0.877. The Hall–Kier alpha value is -1.31. The van der Waals surface area contributed by atoms with Gasteiger partial charge in [0.1, 0.15) is 0 Å². The smallest absolute Gasteiger partial charge is 0.224 e. The van der Waals surface area contributed by atoms with Gasteiger partial charge in [-0.3, -0.25) is 4.79 Å². The van der Waals surface area contributed by atoms with Crippen LogP contribution in [0.4, 0.5) is 0 Å². The Labute approximate surface area is 129 Å². The van der Waals surface area contributed by atoms with E-state index in [1.807, 2.05) is 30.3 Å². The van der Waals surface area contributed by atoms with Gasteiger partial charge < -0.3 is 5.32 Å². The van der Waals surface area contributed by atoms with Crippen LogP contribution in [0, 0.1) is 11.3 Å². The van der Waals surface area contributed by atoms with Crippen LogP contribution in [0.5, 0.6) is 0 Å². The van der Waals surface area contributed by atoms with Crippen LogP contribution in [0.1, 0.15) is 58.4 Å². The van der Waals surface area contributed by atoms with E-state index in [-0.39, 0.29) is 5.91 Å². The van der Waals surface area contributed by atoms with Crippen molar-refractivity contribution >= 4 is 5.91 Å². The summed E-state index contributed by atoms with van der Waals surface area (Å²) in [6.45, 7) is 6.93. The van der Waals surface area contributed by atoms with E-state index in [1.165, 1.54) is 19.3 Å². The molecule has 2 unspecified atom stereocenters. The first-order valence-electron chi connectivity index (χ1n) is 8.26. The third kappa shape index (κ3) is 5.91. The zero-order valence-electron chi connectivity index (χ0n) is 13.7. The third-order valence-corrected chi connectivity index (χ3v) is 4.26. The summed E-state index contributed by atoms with van der Waals surface area (Å²) >= 11 is 0. The summed E-state index contributed by atoms with van der Waals surface area (Å²) in [5, 5.41) is 3.24. The van der Waals surface area contributed by atoms with Gasteiger partial charge >= 0.3 is 0 Å². The molecular weight excluding hydrogens is 258 g/mol. The number of amides is 1. The highest BCUT2D eigenvalue weighted by Gasteiger charge is 2.26. The molecule has 1 amide bonds. The lowest BCUT2D eigenvalue weighted by molar-refractivity contribution is -0.121. The molecule has 0 radical (unpaired) electrons. The van der Waals surface area contributed by atoms with Crippen molar-refractivity contribution in [3.05, 3.63) is 35.9 Å². The zero-order chi connectivity index (χ0) is 15.3. The summed E-state index contributed by atoms with van der Waals surface area (Å²) in [5.41, 5.74) is 1.48. The van der Waals surface area contributed by atoms with Crippen LogP contribution in [0.2, 0.25) is 0 Å². The molecule has 1 aliphatic carbocycles. The van der Waals surface area contributed by atoms with E-state index in [0.29, 0.717) is 17.9 Å². The minimum absolute atomic E-state index is 0.169. The Morgan fingerprint density at radius 3 is 2.57 bits per heavy atom. The molecule has 1 saturated carbocycles. The van der Waals surface area contributed by atoms with Crippen LogP contribution in [-0.2, 0) is 11.2 Å². The van der Waals surface area contributed by atoms with E-state index < -0.39 is 0 Å². The lowest BCUT2D eigenvalue weighted by Gasteiger charge is -2.33. The Balaban J connectivity index is 1.81. The Kier molecular flexibility index (Phi) is 5.44. The molecule has 2 rings (SSSR count). The molecule has 2 heteroatoms. The lowest BCUT2D eigenvalue weighted by Crippen LogP contribution is -2.39. The van der Waals surface area contributed by atoms with Gasteiger partial charge in [0, 0.05) is 6.04 Å². The zero-order valence-corrected chi connectivity index (χ0v) is 13.7. The van der Waals surface area contributed by atoms with Crippen LogP contribution in [0.15, 0.2) is 30.3 Å². The second-order valence-corrected chi connectivity index (χ2v) is 7.72. The molecule has 21 heavy (non-hydrogen) atoms. The molecule has 2 nitrogen and oxygen atoms in total. The minimum atomic E-state index is 0.169. The number of carbonyl (C=O) groups excluding carboxylic acids is 1. The second kappa shape index (κ2) is 7.11. The highest BCUT2D eigenvalue weighted by atomic mass is 16.1. The Bertz CT molecular complexity index is 446. The Morgan fingerprint density at radius 2 is 1.90 bits per heavy atom. The van der Waals surface area contributed by atoms with Gasteiger partial charge in [0.05, 0.1) is 6.42 Å². The first-order valence-corrected chi connectivity index (χ1v) is 8.26. The van der Waals surface area contributed by atoms with E-state index in [4.69, 9.17) is 0 Å². The fourth-order valence-electron chi connectivity index (χ4n) is 3.53. The average molecular weight is 287 g/mol. The molecule has 0 heterocycles. The minimum Gasteiger partial charge on any atom is -0.353 e. The molecule has 2 atom stereocenters. The summed E-state index contributed by atoms with van der Waals surface area (Å²) in [4.78, 5) is 12.2. The largest absolute Gasteiger partial charge is 0.353 e. The number of nitrogens with one attached hydrogen (secondary N) is 1. The van der Waals surface area contributed by atoms with Crippen LogP contribution < -0.4 is 5.32 Å². The van der Waals surface area contributed by atoms with Crippen molar-refractivity contribution in [2.24, 2.45) is 11.3 Å². The van der Waals surface area contributed by atoms with Crippen molar-refractivity contribution in [1.82, 2.24) is 5.32 Å². The molecule has 0 aliphatic heterocycles. The fourth-order valence-corrected chi connectivity index (χ4v) is 3.53. The van der Waals surface area contributed by atoms with E-state index in [1.54, 1.807) is 0 Å². The maximum atomic E-state index is 12.2. The van der Waals surface area contributed by atoms with Gasteiger partial charge in [-0.25, -0.2) is 0 Å². The predicted octanol–water partition coefficient (Wildman–Crippen LogP) is 4.34. The number of carbonyl (C=O) groups is 1. The van der Waals surface area contributed by atoms with Crippen LogP contribution in [0.25, 0.3) is 0 Å². The maximum Gasteiger partial charge on any atom is 0.224 e. The first kappa shape index (κ1) is 16.1. The molecule has 0 spiro atoms. The van der Waals surface area contributed by atoms with Crippen molar-refractivity contribution in [3.8, 4) is 0 Å². The van der Waals surface area contributed by atoms with Gasteiger partial charge in [-0.15, -0.1) is 0 Å². The number of rotatable bonds is 4. The van der Waals surface area contributed by atoms with Gasteiger partial charge in [0.2, 0.25) is 5.91 Å². The first-order chi connectivity index (χ1) is 9.92. The van der Waals surface area contributed by atoms with Crippen molar-refractivity contribution in [3.63, 3.8) is 0 Å². The molecule has 0 bridgehead atoms. The van der Waals surface area contributed by atoms with Crippen molar-refractivity contribution in [2.45, 2.75) is 65.3 Å². The van der Waals surface area contributed by atoms with Gasteiger partial charge in [0.15, 0.2) is 0 Å². The summed E-state index contributed by atoms with van der Waals surface area (Å²) in [7, 11) is 0. The molecular formula is C19H29NO. The third-order valence-electron chi connectivity index (χ3n) is 4.26. The SMILES string of the molecule is CC(C)(C)CC1CCCC(NC(=O)Cc2ccccc2)C1. The summed E-state index contributed by atoms with van der Waals surface area (Å²) in [5.74, 6) is 0.934. The van der Waals surface area contributed by atoms with Gasteiger partial charge in [-0.2, -0.15) is 0 Å². The number of benzene rings is 1. The molecule has 0 saturated heterocycles. The van der Waals surface area contributed by atoms with Crippen LogP contribution in [-0.4, -0.2) is 11.9 Å². The van der Waals surface area contributed by atoms with Crippen molar-refractivity contribution < 1.29 is 4.79 Å². The standard InChI is InChI=1S/C19H29NO/c1-19(2,3)14-16-10-7-11-17(12-16)20-18(21)13-15-8-5-4-6-9-15/h4-6,8-9,16-17H,7,10-14H2,1-3H3,(H,20,21). The van der Waals surface area contributed by atoms with E-state index in [2.05, 4.69) is 26.1 Å². The topological polar surface area (TPSA) is 29.1 Å². The summed E-state index contributed by atoms with van der Waals surface area (Å²) in [6, 6.07) is 10.4. The van der Waals surface area contributed by atoms with Crippen molar-refractivity contribution in [1.29, 1.82) is 0 Å². The second-order valence-electron chi connectivity index (χ2n) is 7.72. The van der Waals surface area contributed by atoms with Gasteiger partial charge in [-0.05, 0) is 36.2 Å². The monoisotopic (exact) mass is 287 g/mol. The summed E-state index contributed by atoms with van der Waals surface area (Å²) < 4.78 is 0. The van der Waals surface area contributed by atoms with Gasteiger partial charge in [-0.1, -0.05) is 63.9 Å². The lowest BCUT2D eigenvalue weighted by atomic mass is 9.76. The molecule has 1 aliphatic rings. The average Bonchev–Trinajstić information content (AvgIpc) is 2.38. The highest BCUT2D eigenvalue weighted by molar-refractivity contribution is 5.78. The fraction of sp³-hybridized carbons (Fsp3) is 0.632. The highest BCUT2D eigenvalue weighted by Crippen LogP contribution is 2.34. The molecule has 1 fully saturated rings. The van der Waals surface area contributed by atoms with E-state index in [9.17, 15) is 4.79 Å². The molecule has 1 aromatic carbocycles. The van der Waals surface area contributed by atoms with Crippen molar-refractivity contribution in [2.75, 3.05) is 0 Å². The predicted molar refractivity (Wildman–Crippen MR) is 88.1 cm³/mol. The van der Waals surface area contributed by atoms with Crippen LogP contribution >= 0.6 is 0 Å². The maximum absolute atomic E-state index is 12.2. The molecule has 0 aromatic heterocycles. The van der Waals surface area contributed by atoms with E-state index >= 15 is 0 Å². The number of hydrogen-bond acceptors (Lipinski definition) is 1. The molecule has 116 valence electrons. The molecule has 1 N–H and O–H groups in total. The van der Waals surface area contributed by atoms with Gasteiger partial charge in [0.25, 0.3) is 0 Å². The molecule has 1 aromatic rings. The van der Waals surface area contributed by atoms with Crippen LogP contribution in [0.3, 0.4) is 0 Å². The number of hydrogen-bond donors (Lipinski definition) is 1. The summed E-state index contributed by atoms with van der Waals surface area (Å²) in [6.07, 6.45) is 6.62. The van der Waals surface area contributed by atoms with E-state index in [0.717, 1.165) is 24.3 Å². The Morgan fingerprint density at radius 1 is 1.19 bits per heavy atom.